The molecular formula is C17H15NO2S3. The third-order valence-corrected chi connectivity index (χ3v) is 5.89. The average molecular weight is 362 g/mol. The van der Waals surface area contributed by atoms with Crippen LogP contribution >= 0.6 is 23.6 Å². The van der Waals surface area contributed by atoms with Gasteiger partial charge in [0.1, 0.15) is 0 Å². The lowest BCUT2D eigenvalue weighted by molar-refractivity contribution is 0.602. The van der Waals surface area contributed by atoms with Crippen LogP contribution in [0.25, 0.3) is 16.9 Å². The lowest BCUT2D eigenvalue weighted by Gasteiger charge is -2.10. The van der Waals surface area contributed by atoms with Gasteiger partial charge in [-0.3, -0.25) is 4.57 Å². The van der Waals surface area contributed by atoms with E-state index in [2.05, 4.69) is 0 Å². The molecule has 0 amide bonds. The van der Waals surface area contributed by atoms with Crippen LogP contribution in [0.15, 0.2) is 58.8 Å². The van der Waals surface area contributed by atoms with E-state index in [0.717, 1.165) is 20.9 Å². The summed E-state index contributed by atoms with van der Waals surface area (Å²) in [5.41, 5.74) is 4.09. The number of aromatic nitrogens is 1. The highest BCUT2D eigenvalue weighted by atomic mass is 32.2. The predicted octanol–water partition coefficient (Wildman–Crippen LogP) is 4.65. The van der Waals surface area contributed by atoms with Crippen molar-refractivity contribution < 1.29 is 8.42 Å². The molecule has 0 saturated carbocycles. The molecule has 0 bridgehead atoms. The molecule has 0 spiro atoms. The number of thiazole rings is 1. The summed E-state index contributed by atoms with van der Waals surface area (Å²) in [5, 5.41) is 2.00. The van der Waals surface area contributed by atoms with Crippen molar-refractivity contribution in [3.63, 3.8) is 0 Å². The Bertz CT molecular complexity index is 995. The number of benzene rings is 2. The quantitative estimate of drug-likeness (QED) is 0.638. The van der Waals surface area contributed by atoms with Crippen molar-refractivity contribution in [3.05, 3.63) is 63.4 Å². The molecule has 6 heteroatoms. The molecule has 0 radical (unpaired) electrons. The summed E-state index contributed by atoms with van der Waals surface area (Å²) in [7, 11) is -3.19. The zero-order chi connectivity index (χ0) is 16.6. The summed E-state index contributed by atoms with van der Waals surface area (Å²) >= 11 is 6.95. The van der Waals surface area contributed by atoms with Crippen LogP contribution in [0.3, 0.4) is 0 Å². The molecule has 1 heterocycles. The lowest BCUT2D eigenvalue weighted by Crippen LogP contribution is -1.98. The van der Waals surface area contributed by atoms with Gasteiger partial charge in [-0.1, -0.05) is 29.8 Å². The van der Waals surface area contributed by atoms with Crippen LogP contribution in [-0.4, -0.2) is 19.2 Å². The minimum absolute atomic E-state index is 0.317. The van der Waals surface area contributed by atoms with Gasteiger partial charge in [0, 0.05) is 17.3 Å². The van der Waals surface area contributed by atoms with Gasteiger partial charge in [0.05, 0.1) is 10.6 Å². The maximum Gasteiger partial charge on any atom is 0.175 e. The largest absolute Gasteiger partial charge is 0.292 e. The Labute approximate surface area is 144 Å². The molecule has 0 aliphatic heterocycles. The van der Waals surface area contributed by atoms with Crippen molar-refractivity contribution in [2.24, 2.45) is 0 Å². The van der Waals surface area contributed by atoms with Crippen LogP contribution in [0.1, 0.15) is 5.56 Å². The first-order chi connectivity index (χ1) is 10.9. The number of aryl methyl sites for hydroxylation is 1. The highest BCUT2D eigenvalue weighted by Crippen LogP contribution is 2.28. The minimum Gasteiger partial charge on any atom is -0.292 e. The van der Waals surface area contributed by atoms with E-state index in [1.54, 1.807) is 12.1 Å². The maximum absolute atomic E-state index is 11.6. The second-order valence-corrected chi connectivity index (χ2v) is 8.87. The fraction of sp³-hybridized carbons (Fsp3) is 0.118. The standard InChI is InChI=1S/C17H15NO2S3/c1-12-3-7-14(8-4-12)18-16(11-22-17(18)21)13-5-9-15(10-6-13)23(2,19)20/h3-11H,1-2H3. The summed E-state index contributed by atoms with van der Waals surface area (Å²) in [6.45, 7) is 2.04. The fourth-order valence-corrected chi connectivity index (χ4v) is 4.06. The number of sulfone groups is 1. The van der Waals surface area contributed by atoms with Crippen LogP contribution in [0, 0.1) is 10.9 Å². The molecule has 3 rings (SSSR count). The van der Waals surface area contributed by atoms with E-state index in [1.807, 2.05) is 53.3 Å². The number of rotatable bonds is 3. The van der Waals surface area contributed by atoms with Gasteiger partial charge in [-0.15, -0.1) is 11.3 Å². The molecule has 118 valence electrons. The molecule has 0 N–H and O–H groups in total. The highest BCUT2D eigenvalue weighted by molar-refractivity contribution is 7.90. The predicted molar refractivity (Wildman–Crippen MR) is 97.8 cm³/mol. The Morgan fingerprint density at radius 2 is 1.61 bits per heavy atom. The molecule has 0 saturated heterocycles. The second kappa shape index (κ2) is 6.03. The summed E-state index contributed by atoms with van der Waals surface area (Å²) in [6, 6.07) is 15.1. The number of hydrogen-bond acceptors (Lipinski definition) is 4. The first kappa shape index (κ1) is 16.1. The topological polar surface area (TPSA) is 39.1 Å². The second-order valence-electron chi connectivity index (χ2n) is 5.35. The van der Waals surface area contributed by atoms with Gasteiger partial charge in [-0.05, 0) is 49.0 Å². The highest BCUT2D eigenvalue weighted by Gasteiger charge is 2.11. The van der Waals surface area contributed by atoms with Crippen LogP contribution in [0.5, 0.6) is 0 Å². The van der Waals surface area contributed by atoms with Crippen molar-refractivity contribution >= 4 is 33.4 Å². The molecule has 0 unspecified atom stereocenters. The first-order valence-electron chi connectivity index (χ1n) is 6.94. The van der Waals surface area contributed by atoms with Crippen molar-refractivity contribution in [1.82, 2.24) is 4.57 Å². The Morgan fingerprint density at radius 3 is 2.17 bits per heavy atom. The molecule has 0 atom stereocenters. The molecule has 23 heavy (non-hydrogen) atoms. The first-order valence-corrected chi connectivity index (χ1v) is 10.1. The van der Waals surface area contributed by atoms with E-state index < -0.39 is 9.84 Å². The van der Waals surface area contributed by atoms with Gasteiger partial charge in [0.2, 0.25) is 0 Å². The van der Waals surface area contributed by atoms with E-state index in [-0.39, 0.29) is 0 Å². The summed E-state index contributed by atoms with van der Waals surface area (Å²) in [5.74, 6) is 0. The van der Waals surface area contributed by atoms with Gasteiger partial charge in [-0.25, -0.2) is 8.42 Å². The number of hydrogen-bond donors (Lipinski definition) is 0. The average Bonchev–Trinajstić information content (AvgIpc) is 2.89. The molecule has 1 aromatic heterocycles. The monoisotopic (exact) mass is 361 g/mol. The van der Waals surface area contributed by atoms with Gasteiger partial charge >= 0.3 is 0 Å². The van der Waals surface area contributed by atoms with E-state index in [4.69, 9.17) is 12.2 Å². The Balaban J connectivity index is 2.12. The molecule has 3 aromatic rings. The SMILES string of the molecule is Cc1ccc(-n2c(-c3ccc(S(C)(=O)=O)cc3)csc2=S)cc1. The van der Waals surface area contributed by atoms with Crippen LogP contribution in [0.2, 0.25) is 0 Å². The maximum atomic E-state index is 11.6. The summed E-state index contributed by atoms with van der Waals surface area (Å²) < 4.78 is 25.9. The van der Waals surface area contributed by atoms with E-state index in [1.165, 1.54) is 23.2 Å². The molecule has 0 aliphatic rings. The lowest BCUT2D eigenvalue weighted by atomic mass is 10.1. The van der Waals surface area contributed by atoms with Crippen molar-refractivity contribution in [2.45, 2.75) is 11.8 Å². The van der Waals surface area contributed by atoms with E-state index >= 15 is 0 Å². The van der Waals surface area contributed by atoms with Gasteiger partial charge in [0.25, 0.3) is 0 Å². The minimum atomic E-state index is -3.19. The summed E-state index contributed by atoms with van der Waals surface area (Å²) in [6.07, 6.45) is 1.21. The molecule has 3 nitrogen and oxygen atoms in total. The van der Waals surface area contributed by atoms with Crippen LogP contribution in [-0.2, 0) is 9.84 Å². The van der Waals surface area contributed by atoms with Crippen LogP contribution < -0.4 is 0 Å². The fourth-order valence-electron chi connectivity index (χ4n) is 2.32. The molecule has 0 fully saturated rings. The van der Waals surface area contributed by atoms with E-state index in [9.17, 15) is 8.42 Å². The molecule has 2 aromatic carbocycles. The summed E-state index contributed by atoms with van der Waals surface area (Å²) in [4.78, 5) is 0.317. The molecule has 0 aliphatic carbocycles. The van der Waals surface area contributed by atoms with Gasteiger partial charge < -0.3 is 0 Å². The van der Waals surface area contributed by atoms with Crippen LogP contribution in [0.4, 0.5) is 0 Å². The number of nitrogens with zero attached hydrogens (tertiary/aromatic N) is 1. The third kappa shape index (κ3) is 3.29. The Morgan fingerprint density at radius 1 is 1.00 bits per heavy atom. The normalized spacial score (nSPS) is 11.6. The van der Waals surface area contributed by atoms with Crippen molar-refractivity contribution in [1.29, 1.82) is 0 Å². The zero-order valence-corrected chi connectivity index (χ0v) is 15.1. The van der Waals surface area contributed by atoms with Gasteiger partial charge in [-0.2, -0.15) is 0 Å². The van der Waals surface area contributed by atoms with E-state index in [0.29, 0.717) is 4.90 Å². The van der Waals surface area contributed by atoms with Gasteiger partial charge in [0.15, 0.2) is 13.8 Å². The zero-order valence-electron chi connectivity index (χ0n) is 12.7. The smallest absolute Gasteiger partial charge is 0.175 e. The third-order valence-electron chi connectivity index (χ3n) is 3.57. The Hall–Kier alpha value is -1.76. The molecular weight excluding hydrogens is 346 g/mol. The Kier molecular flexibility index (Phi) is 4.23. The van der Waals surface area contributed by atoms with Crippen molar-refractivity contribution in [3.8, 4) is 16.9 Å². The van der Waals surface area contributed by atoms with Crippen molar-refractivity contribution in [2.75, 3.05) is 6.26 Å².